The molecule has 0 amide bonds. The van der Waals surface area contributed by atoms with E-state index in [-0.39, 0.29) is 23.6 Å². The van der Waals surface area contributed by atoms with Gasteiger partial charge in [-0.3, -0.25) is 9.98 Å². The third-order valence-corrected chi connectivity index (χ3v) is 5.87. The van der Waals surface area contributed by atoms with E-state index in [1.807, 2.05) is 12.1 Å². The van der Waals surface area contributed by atoms with Crippen LogP contribution >= 0.6 is 0 Å². The van der Waals surface area contributed by atoms with Gasteiger partial charge in [0.15, 0.2) is 0 Å². The van der Waals surface area contributed by atoms with E-state index in [4.69, 9.17) is 28.9 Å². The molecule has 0 radical (unpaired) electrons. The number of rotatable bonds is 0. The first-order valence-electron chi connectivity index (χ1n) is 11.8. The van der Waals surface area contributed by atoms with Gasteiger partial charge in [0.25, 0.3) is 0 Å². The number of ether oxygens (including phenoxy) is 4. The molecule has 1 saturated carbocycles. The molecule has 4 heterocycles. The van der Waals surface area contributed by atoms with Gasteiger partial charge in [-0.15, -0.1) is 0 Å². The standard InChI is InChI=1S/C26H32N2O6/c29-25-15-21-7-5-19(25)17-27-23-3-1-2-4-24(23)28-18-20-6-8-22(16-26(20)30)34-14-12-32-10-9-31-11-13-33-21/h5-8,15-18,23-24,29-30H,1-4,9-14H2/t23-,24-/m1/s1. The van der Waals surface area contributed by atoms with Gasteiger partial charge in [0.1, 0.15) is 36.2 Å². The minimum Gasteiger partial charge on any atom is -0.507 e. The maximum absolute atomic E-state index is 10.4. The van der Waals surface area contributed by atoms with Crippen LogP contribution in [-0.4, -0.2) is 74.4 Å². The Labute approximate surface area is 199 Å². The maximum atomic E-state index is 10.4. The molecule has 2 aromatic rings. The molecule has 34 heavy (non-hydrogen) atoms. The highest BCUT2D eigenvalue weighted by molar-refractivity contribution is 5.85. The van der Waals surface area contributed by atoms with E-state index in [1.54, 1.807) is 36.7 Å². The van der Waals surface area contributed by atoms with Crippen molar-refractivity contribution in [3.63, 3.8) is 0 Å². The number of nitrogens with zero attached hydrogens (tertiary/aromatic N) is 2. The molecule has 8 nitrogen and oxygen atoms in total. The number of phenols is 2. The van der Waals surface area contributed by atoms with E-state index in [2.05, 4.69) is 0 Å². The lowest BCUT2D eigenvalue weighted by molar-refractivity contribution is 0.0273. The molecule has 7 rings (SSSR count). The summed E-state index contributed by atoms with van der Waals surface area (Å²) in [5, 5.41) is 20.8. The molecule has 2 atom stereocenters. The smallest absolute Gasteiger partial charge is 0.128 e. The fourth-order valence-electron chi connectivity index (χ4n) is 4.00. The van der Waals surface area contributed by atoms with Gasteiger partial charge in [-0.05, 0) is 37.1 Å². The van der Waals surface area contributed by atoms with Gasteiger partial charge in [0, 0.05) is 35.7 Å². The molecule has 8 heteroatoms. The molecule has 1 fully saturated rings. The van der Waals surface area contributed by atoms with Crippen LogP contribution in [0.4, 0.5) is 0 Å². The van der Waals surface area contributed by atoms with Crippen molar-refractivity contribution in [1.29, 1.82) is 0 Å². The number of phenolic OH excluding ortho intramolecular Hbond substituents is 2. The summed E-state index contributed by atoms with van der Waals surface area (Å²) < 4.78 is 22.3. The summed E-state index contributed by atoms with van der Waals surface area (Å²) in [4.78, 5) is 9.49. The van der Waals surface area contributed by atoms with Gasteiger partial charge in [0.05, 0.1) is 38.5 Å². The molecule has 0 aromatic heterocycles. The highest BCUT2D eigenvalue weighted by Gasteiger charge is 2.23. The second-order valence-corrected chi connectivity index (χ2v) is 8.34. The zero-order chi connectivity index (χ0) is 23.6. The van der Waals surface area contributed by atoms with Gasteiger partial charge in [0.2, 0.25) is 0 Å². The highest BCUT2D eigenvalue weighted by Crippen LogP contribution is 2.27. The molecule has 4 aliphatic heterocycles. The van der Waals surface area contributed by atoms with Gasteiger partial charge in [-0.1, -0.05) is 12.8 Å². The molecule has 0 unspecified atom stereocenters. The normalized spacial score (nSPS) is 22.4. The third-order valence-electron chi connectivity index (χ3n) is 5.87. The van der Waals surface area contributed by atoms with Crippen molar-refractivity contribution in [2.24, 2.45) is 9.98 Å². The van der Waals surface area contributed by atoms with Crippen molar-refractivity contribution in [1.82, 2.24) is 0 Å². The molecular weight excluding hydrogens is 436 g/mol. The second-order valence-electron chi connectivity index (χ2n) is 8.34. The van der Waals surface area contributed by atoms with Gasteiger partial charge >= 0.3 is 0 Å². The van der Waals surface area contributed by atoms with Crippen molar-refractivity contribution in [3.05, 3.63) is 47.5 Å². The minimum atomic E-state index is 0.0211. The average Bonchev–Trinajstić information content (AvgIpc) is 2.84. The maximum Gasteiger partial charge on any atom is 0.128 e. The van der Waals surface area contributed by atoms with Gasteiger partial charge < -0.3 is 29.2 Å². The van der Waals surface area contributed by atoms with Gasteiger partial charge in [-0.25, -0.2) is 0 Å². The number of aromatic hydroxyl groups is 2. The summed E-state index contributed by atoms with van der Waals surface area (Å²) >= 11 is 0. The van der Waals surface area contributed by atoms with Crippen LogP contribution in [0.25, 0.3) is 0 Å². The van der Waals surface area contributed by atoms with E-state index in [0.29, 0.717) is 62.3 Å². The van der Waals surface area contributed by atoms with Crippen LogP contribution in [0.2, 0.25) is 0 Å². The first-order chi connectivity index (χ1) is 16.7. The monoisotopic (exact) mass is 468 g/mol. The van der Waals surface area contributed by atoms with Crippen LogP contribution in [-0.2, 0) is 9.47 Å². The molecular formula is C26H32N2O6. The first-order valence-corrected chi connectivity index (χ1v) is 11.8. The lowest BCUT2D eigenvalue weighted by atomic mass is 9.91. The average molecular weight is 469 g/mol. The molecule has 0 saturated heterocycles. The Bertz CT molecular complexity index is 914. The summed E-state index contributed by atoms with van der Waals surface area (Å²) in [5.74, 6) is 1.39. The number of hydrogen-bond acceptors (Lipinski definition) is 8. The van der Waals surface area contributed by atoms with Crippen LogP contribution < -0.4 is 9.47 Å². The highest BCUT2D eigenvalue weighted by atomic mass is 16.6. The zero-order valence-electron chi connectivity index (χ0n) is 19.3. The largest absolute Gasteiger partial charge is 0.507 e. The van der Waals surface area contributed by atoms with Crippen LogP contribution in [0.3, 0.4) is 0 Å². The molecule has 182 valence electrons. The second kappa shape index (κ2) is 12.4. The SMILES string of the molecule is Oc1cc2ccc1C=N[C@@H]1CCCC[C@H]1N=Cc1ccc(cc1O)OCCOCCOCCO2. The fourth-order valence-corrected chi connectivity index (χ4v) is 4.00. The fraction of sp³-hybridized carbons (Fsp3) is 0.462. The van der Waals surface area contributed by atoms with Crippen molar-refractivity contribution in [2.45, 2.75) is 37.8 Å². The van der Waals surface area contributed by atoms with Crippen LogP contribution in [0.5, 0.6) is 23.0 Å². The van der Waals surface area contributed by atoms with Crippen LogP contribution in [0.15, 0.2) is 46.4 Å². The number of aliphatic imine (C=N–C) groups is 2. The molecule has 2 aromatic carbocycles. The molecule has 2 N–H and O–H groups in total. The molecule has 1 aliphatic carbocycles. The Morgan fingerprint density at radius 2 is 1.06 bits per heavy atom. The van der Waals surface area contributed by atoms with E-state index in [0.717, 1.165) is 25.7 Å². The van der Waals surface area contributed by atoms with Crippen LogP contribution in [0.1, 0.15) is 36.8 Å². The summed E-state index contributed by atoms with van der Waals surface area (Å²) in [6.07, 6.45) is 7.47. The Kier molecular flexibility index (Phi) is 8.76. The predicted octanol–water partition coefficient (Wildman–Crippen LogP) is 3.75. The number of hydrogen-bond donors (Lipinski definition) is 2. The summed E-state index contributed by atoms with van der Waals surface area (Å²) in [6, 6.07) is 10.4. The Morgan fingerprint density at radius 1 is 0.618 bits per heavy atom. The lowest BCUT2D eigenvalue weighted by Crippen LogP contribution is -2.27. The van der Waals surface area contributed by atoms with E-state index in [1.165, 1.54) is 0 Å². The number of benzene rings is 2. The van der Waals surface area contributed by atoms with Crippen LogP contribution in [0, 0.1) is 0 Å². The lowest BCUT2D eigenvalue weighted by Gasteiger charge is -2.25. The molecule has 0 spiro atoms. The van der Waals surface area contributed by atoms with E-state index in [9.17, 15) is 10.2 Å². The van der Waals surface area contributed by atoms with Crippen molar-refractivity contribution in [3.8, 4) is 23.0 Å². The van der Waals surface area contributed by atoms with E-state index < -0.39 is 0 Å². The van der Waals surface area contributed by atoms with Gasteiger partial charge in [-0.2, -0.15) is 0 Å². The Morgan fingerprint density at radius 3 is 1.50 bits per heavy atom. The van der Waals surface area contributed by atoms with Crippen molar-refractivity contribution >= 4 is 12.4 Å². The summed E-state index contributed by atoms with van der Waals surface area (Å²) in [6.45, 7) is 2.47. The van der Waals surface area contributed by atoms with Crippen molar-refractivity contribution < 1.29 is 29.2 Å². The Hall–Kier alpha value is -3.10. The van der Waals surface area contributed by atoms with E-state index >= 15 is 0 Å². The van der Waals surface area contributed by atoms with Crippen molar-refractivity contribution in [2.75, 3.05) is 39.6 Å². The Balaban J connectivity index is 1.51. The molecule has 4 bridgehead atoms. The summed E-state index contributed by atoms with van der Waals surface area (Å²) in [7, 11) is 0. The zero-order valence-corrected chi connectivity index (χ0v) is 19.3. The quantitative estimate of drug-likeness (QED) is 0.611. The molecule has 5 aliphatic rings. The topological polar surface area (TPSA) is 102 Å². The predicted molar refractivity (Wildman–Crippen MR) is 130 cm³/mol. The third kappa shape index (κ3) is 6.95. The first kappa shape index (κ1) is 24.0. The minimum absolute atomic E-state index is 0.0211. The summed E-state index contributed by atoms with van der Waals surface area (Å²) in [5.41, 5.74) is 1.27.